The van der Waals surface area contributed by atoms with Crippen LogP contribution in [0.3, 0.4) is 0 Å². The molecule has 4 nitrogen and oxygen atoms in total. The number of rotatable bonds is 5. The third kappa shape index (κ3) is 3.56. The molecule has 0 unspecified atom stereocenters. The number of anilines is 1. The van der Waals surface area contributed by atoms with Gasteiger partial charge >= 0.3 is 0 Å². The SMILES string of the molecule is CCNc1cc(CC(C)C)nc(-c2occc2Br)n1. The third-order valence-electron chi connectivity index (χ3n) is 2.57. The Hall–Kier alpha value is -1.36. The fourth-order valence-corrected chi connectivity index (χ4v) is 2.23. The van der Waals surface area contributed by atoms with Crippen molar-refractivity contribution >= 4 is 21.7 Å². The molecule has 0 saturated heterocycles. The second kappa shape index (κ2) is 6.19. The first-order valence-corrected chi connectivity index (χ1v) is 7.24. The molecule has 19 heavy (non-hydrogen) atoms. The maximum absolute atomic E-state index is 5.44. The molecular formula is C14H18BrN3O. The van der Waals surface area contributed by atoms with Crippen molar-refractivity contribution in [1.29, 1.82) is 0 Å². The Morgan fingerprint density at radius 2 is 2.16 bits per heavy atom. The molecule has 5 heteroatoms. The van der Waals surface area contributed by atoms with Gasteiger partial charge in [-0.1, -0.05) is 13.8 Å². The summed E-state index contributed by atoms with van der Waals surface area (Å²) in [6.07, 6.45) is 2.55. The van der Waals surface area contributed by atoms with Gasteiger partial charge < -0.3 is 9.73 Å². The lowest BCUT2D eigenvalue weighted by Crippen LogP contribution is -2.05. The van der Waals surface area contributed by atoms with Crippen molar-refractivity contribution in [2.24, 2.45) is 5.92 Å². The van der Waals surface area contributed by atoms with E-state index < -0.39 is 0 Å². The number of hydrogen-bond donors (Lipinski definition) is 1. The highest BCUT2D eigenvalue weighted by atomic mass is 79.9. The molecular weight excluding hydrogens is 306 g/mol. The molecule has 0 radical (unpaired) electrons. The maximum Gasteiger partial charge on any atom is 0.199 e. The highest BCUT2D eigenvalue weighted by molar-refractivity contribution is 9.10. The number of hydrogen-bond acceptors (Lipinski definition) is 4. The Morgan fingerprint density at radius 3 is 2.74 bits per heavy atom. The molecule has 0 amide bonds. The van der Waals surface area contributed by atoms with Gasteiger partial charge in [0.15, 0.2) is 11.6 Å². The predicted molar refractivity (Wildman–Crippen MR) is 80.1 cm³/mol. The van der Waals surface area contributed by atoms with Crippen molar-refractivity contribution < 1.29 is 4.42 Å². The van der Waals surface area contributed by atoms with Crippen LogP contribution in [0.4, 0.5) is 5.82 Å². The molecule has 0 bridgehead atoms. The van der Waals surface area contributed by atoms with E-state index in [1.165, 1.54) is 0 Å². The Morgan fingerprint density at radius 1 is 1.37 bits per heavy atom. The van der Waals surface area contributed by atoms with Crippen LogP contribution in [0.1, 0.15) is 26.5 Å². The fraction of sp³-hybridized carbons (Fsp3) is 0.429. The highest BCUT2D eigenvalue weighted by Crippen LogP contribution is 2.28. The first-order chi connectivity index (χ1) is 9.10. The van der Waals surface area contributed by atoms with Gasteiger partial charge in [-0.2, -0.15) is 0 Å². The van der Waals surface area contributed by atoms with Crippen molar-refractivity contribution in [2.45, 2.75) is 27.2 Å². The second-order valence-corrected chi connectivity index (χ2v) is 5.65. The molecule has 0 saturated carbocycles. The van der Waals surface area contributed by atoms with Crippen LogP contribution in [0, 0.1) is 5.92 Å². The molecule has 0 aliphatic heterocycles. The summed E-state index contributed by atoms with van der Waals surface area (Å²) in [5, 5.41) is 3.23. The van der Waals surface area contributed by atoms with Gasteiger partial charge in [-0.05, 0) is 41.3 Å². The fourth-order valence-electron chi connectivity index (χ4n) is 1.85. The smallest absolute Gasteiger partial charge is 0.199 e. The zero-order valence-electron chi connectivity index (χ0n) is 11.4. The number of furan rings is 1. The van der Waals surface area contributed by atoms with Crippen LogP contribution >= 0.6 is 15.9 Å². The molecule has 0 aliphatic rings. The summed E-state index contributed by atoms with van der Waals surface area (Å²) in [5.74, 6) is 2.68. The van der Waals surface area contributed by atoms with E-state index in [1.54, 1.807) is 6.26 Å². The zero-order valence-corrected chi connectivity index (χ0v) is 13.0. The predicted octanol–water partition coefficient (Wildman–Crippen LogP) is 4.13. The Labute approximate surface area is 121 Å². The van der Waals surface area contributed by atoms with Gasteiger partial charge in [-0.25, -0.2) is 9.97 Å². The van der Waals surface area contributed by atoms with Gasteiger partial charge in [-0.15, -0.1) is 0 Å². The molecule has 2 aromatic heterocycles. The van der Waals surface area contributed by atoms with E-state index in [2.05, 4.69) is 45.1 Å². The Kier molecular flexibility index (Phi) is 4.58. The normalized spacial score (nSPS) is 11.0. The molecule has 0 atom stereocenters. The first kappa shape index (κ1) is 14.1. The van der Waals surface area contributed by atoms with Crippen LogP contribution in [0.25, 0.3) is 11.6 Å². The summed E-state index contributed by atoms with van der Waals surface area (Å²) in [5.41, 5.74) is 1.03. The summed E-state index contributed by atoms with van der Waals surface area (Å²) >= 11 is 3.45. The molecule has 2 aromatic rings. The monoisotopic (exact) mass is 323 g/mol. The van der Waals surface area contributed by atoms with Crippen molar-refractivity contribution in [3.63, 3.8) is 0 Å². The maximum atomic E-state index is 5.44. The Bertz CT molecular complexity index is 551. The molecule has 102 valence electrons. The topological polar surface area (TPSA) is 51.0 Å². The van der Waals surface area contributed by atoms with Crippen molar-refractivity contribution in [3.8, 4) is 11.6 Å². The average molecular weight is 324 g/mol. The van der Waals surface area contributed by atoms with E-state index in [4.69, 9.17) is 4.42 Å². The minimum absolute atomic E-state index is 0.553. The van der Waals surface area contributed by atoms with E-state index in [-0.39, 0.29) is 0 Å². The molecule has 2 rings (SSSR count). The van der Waals surface area contributed by atoms with Crippen molar-refractivity contribution in [3.05, 3.63) is 28.6 Å². The van der Waals surface area contributed by atoms with E-state index in [9.17, 15) is 0 Å². The average Bonchev–Trinajstić information content (AvgIpc) is 2.74. The molecule has 2 heterocycles. The highest BCUT2D eigenvalue weighted by Gasteiger charge is 2.13. The largest absolute Gasteiger partial charge is 0.460 e. The summed E-state index contributed by atoms with van der Waals surface area (Å²) in [7, 11) is 0. The van der Waals surface area contributed by atoms with E-state index in [0.29, 0.717) is 17.5 Å². The molecule has 1 N–H and O–H groups in total. The minimum Gasteiger partial charge on any atom is -0.460 e. The summed E-state index contributed by atoms with van der Waals surface area (Å²) in [4.78, 5) is 9.07. The molecule has 0 spiro atoms. The molecule has 0 fully saturated rings. The van der Waals surface area contributed by atoms with Crippen LogP contribution in [0.2, 0.25) is 0 Å². The first-order valence-electron chi connectivity index (χ1n) is 6.45. The number of nitrogens with one attached hydrogen (secondary N) is 1. The lowest BCUT2D eigenvalue weighted by Gasteiger charge is -2.09. The van der Waals surface area contributed by atoms with Gasteiger partial charge in [0, 0.05) is 18.3 Å². The van der Waals surface area contributed by atoms with E-state index in [0.717, 1.165) is 29.0 Å². The van der Waals surface area contributed by atoms with E-state index in [1.807, 2.05) is 19.1 Å². The number of aromatic nitrogens is 2. The lowest BCUT2D eigenvalue weighted by atomic mass is 10.1. The zero-order chi connectivity index (χ0) is 13.8. The van der Waals surface area contributed by atoms with Gasteiger partial charge in [0.2, 0.25) is 0 Å². The van der Waals surface area contributed by atoms with Crippen molar-refractivity contribution in [1.82, 2.24) is 9.97 Å². The summed E-state index contributed by atoms with van der Waals surface area (Å²) in [6, 6.07) is 3.85. The van der Waals surface area contributed by atoms with Crippen LogP contribution in [0.15, 0.2) is 27.3 Å². The van der Waals surface area contributed by atoms with Crippen LogP contribution in [0.5, 0.6) is 0 Å². The van der Waals surface area contributed by atoms with Crippen LogP contribution < -0.4 is 5.32 Å². The lowest BCUT2D eigenvalue weighted by molar-refractivity contribution is 0.574. The van der Waals surface area contributed by atoms with Gasteiger partial charge in [0.05, 0.1) is 10.7 Å². The third-order valence-corrected chi connectivity index (χ3v) is 3.20. The summed E-state index contributed by atoms with van der Waals surface area (Å²) < 4.78 is 6.32. The van der Waals surface area contributed by atoms with Gasteiger partial charge in [-0.3, -0.25) is 0 Å². The Balaban J connectivity index is 2.42. The summed E-state index contributed by atoms with van der Waals surface area (Å²) in [6.45, 7) is 7.23. The quantitative estimate of drug-likeness (QED) is 0.898. The number of halogens is 1. The van der Waals surface area contributed by atoms with Gasteiger partial charge in [0.25, 0.3) is 0 Å². The molecule has 0 aliphatic carbocycles. The van der Waals surface area contributed by atoms with Crippen LogP contribution in [-0.4, -0.2) is 16.5 Å². The van der Waals surface area contributed by atoms with Crippen LogP contribution in [-0.2, 0) is 6.42 Å². The molecule has 0 aromatic carbocycles. The number of nitrogens with zero attached hydrogens (tertiary/aromatic N) is 2. The second-order valence-electron chi connectivity index (χ2n) is 4.79. The van der Waals surface area contributed by atoms with Gasteiger partial charge in [0.1, 0.15) is 5.82 Å². The minimum atomic E-state index is 0.553. The standard InChI is InChI=1S/C14H18BrN3O/c1-4-16-12-8-10(7-9(2)3)17-14(18-12)13-11(15)5-6-19-13/h5-6,8-9H,4,7H2,1-3H3,(H,16,17,18). The van der Waals surface area contributed by atoms with Crippen molar-refractivity contribution in [2.75, 3.05) is 11.9 Å². The van der Waals surface area contributed by atoms with E-state index >= 15 is 0 Å².